The predicted octanol–water partition coefficient (Wildman–Crippen LogP) is 5.41. The van der Waals surface area contributed by atoms with Crippen LogP contribution in [0.5, 0.6) is 0 Å². The van der Waals surface area contributed by atoms with Crippen molar-refractivity contribution in [2.75, 3.05) is 19.6 Å². The van der Waals surface area contributed by atoms with Crippen LogP contribution in [0.3, 0.4) is 0 Å². The molecule has 0 unspecified atom stereocenters. The Labute approximate surface area is 195 Å². The van der Waals surface area contributed by atoms with E-state index in [-0.39, 0.29) is 5.91 Å². The van der Waals surface area contributed by atoms with Gasteiger partial charge in [-0.1, -0.05) is 48.0 Å². The first-order valence-electron chi connectivity index (χ1n) is 11.8. The first kappa shape index (κ1) is 21.4. The molecule has 1 aliphatic heterocycles. The number of halogens is 1. The Balaban J connectivity index is 1.18. The Bertz CT molecular complexity index is 1110. The van der Waals surface area contributed by atoms with Gasteiger partial charge in [-0.3, -0.25) is 14.7 Å². The van der Waals surface area contributed by atoms with Crippen molar-refractivity contribution in [3.05, 3.63) is 75.9 Å². The molecule has 1 saturated heterocycles. The minimum absolute atomic E-state index is 0.0192. The van der Waals surface area contributed by atoms with Gasteiger partial charge in [0.2, 0.25) is 0 Å². The molecule has 0 atom stereocenters. The molecule has 0 spiro atoms. The van der Waals surface area contributed by atoms with E-state index in [1.165, 1.54) is 17.5 Å². The largest absolute Gasteiger partial charge is 0.352 e. The Morgan fingerprint density at radius 2 is 1.84 bits per heavy atom. The number of amides is 1. The molecule has 5 rings (SSSR count). The second-order valence-electron chi connectivity index (χ2n) is 9.21. The zero-order valence-corrected chi connectivity index (χ0v) is 19.2. The molecule has 1 aliphatic carbocycles. The van der Waals surface area contributed by atoms with Crippen molar-refractivity contribution in [2.24, 2.45) is 5.92 Å². The fourth-order valence-corrected chi connectivity index (χ4v) is 5.40. The van der Waals surface area contributed by atoms with Gasteiger partial charge in [-0.05, 0) is 80.8 Å². The molecule has 32 heavy (non-hydrogen) atoms. The van der Waals surface area contributed by atoms with Crippen LogP contribution in [-0.4, -0.2) is 35.4 Å². The van der Waals surface area contributed by atoms with Gasteiger partial charge in [0.05, 0.1) is 10.5 Å². The van der Waals surface area contributed by atoms with Crippen molar-refractivity contribution >= 4 is 28.4 Å². The summed E-state index contributed by atoms with van der Waals surface area (Å²) in [6.45, 7) is 3.91. The molecule has 2 heterocycles. The van der Waals surface area contributed by atoms with Crippen LogP contribution in [0.1, 0.15) is 52.9 Å². The molecule has 1 fully saturated rings. The highest BCUT2D eigenvalue weighted by atomic mass is 35.5. The molecule has 1 amide bonds. The first-order valence-corrected chi connectivity index (χ1v) is 12.2. The number of rotatable bonds is 5. The highest BCUT2D eigenvalue weighted by Gasteiger charge is 2.21. The van der Waals surface area contributed by atoms with Crippen LogP contribution in [0.15, 0.2) is 48.5 Å². The van der Waals surface area contributed by atoms with Gasteiger partial charge in [0.15, 0.2) is 0 Å². The van der Waals surface area contributed by atoms with E-state index in [9.17, 15) is 4.79 Å². The number of carbonyl (C=O) groups excluding carboxylic acids is 1. The van der Waals surface area contributed by atoms with E-state index in [4.69, 9.17) is 16.6 Å². The number of nitrogens with one attached hydrogen (secondary N) is 1. The van der Waals surface area contributed by atoms with E-state index in [0.29, 0.717) is 11.5 Å². The zero-order chi connectivity index (χ0) is 21.9. The van der Waals surface area contributed by atoms with Crippen LogP contribution in [0, 0.1) is 5.92 Å². The summed E-state index contributed by atoms with van der Waals surface area (Å²) in [5.41, 5.74) is 5.16. The quantitative estimate of drug-likeness (QED) is 0.568. The lowest BCUT2D eigenvalue weighted by atomic mass is 9.94. The fourth-order valence-electron chi connectivity index (χ4n) is 5.04. The smallest absolute Gasteiger partial charge is 0.251 e. The standard InChI is InChI=1S/C27H30ClN3O/c28-26-22-8-4-5-9-24(22)30-25-16-21(10-11-23(25)26)27(32)29-17-19-12-14-31(15-13-19)18-20-6-2-1-3-7-20/h1-3,6-7,10-11,16,19H,4-5,8-9,12-15,17-18H2,(H,29,32). The second kappa shape index (κ2) is 9.60. The summed E-state index contributed by atoms with van der Waals surface area (Å²) in [5.74, 6) is 0.514. The van der Waals surface area contributed by atoms with E-state index < -0.39 is 0 Å². The molecule has 5 heteroatoms. The third-order valence-corrected chi connectivity index (χ3v) is 7.39. The number of carbonyl (C=O) groups is 1. The first-order chi connectivity index (χ1) is 15.7. The van der Waals surface area contributed by atoms with Crippen molar-refractivity contribution in [1.82, 2.24) is 15.2 Å². The summed E-state index contributed by atoms with van der Waals surface area (Å²) in [5, 5.41) is 4.93. The average Bonchev–Trinajstić information content (AvgIpc) is 2.84. The summed E-state index contributed by atoms with van der Waals surface area (Å²) in [7, 11) is 0. The van der Waals surface area contributed by atoms with Gasteiger partial charge in [0.25, 0.3) is 5.91 Å². The topological polar surface area (TPSA) is 45.2 Å². The summed E-state index contributed by atoms with van der Waals surface area (Å²) in [6, 6.07) is 16.4. The van der Waals surface area contributed by atoms with Crippen molar-refractivity contribution in [3.8, 4) is 0 Å². The van der Waals surface area contributed by atoms with E-state index in [0.717, 1.165) is 79.9 Å². The van der Waals surface area contributed by atoms with Crippen LogP contribution < -0.4 is 5.32 Å². The zero-order valence-electron chi connectivity index (χ0n) is 18.4. The number of pyridine rings is 1. The lowest BCUT2D eigenvalue weighted by Crippen LogP contribution is -2.38. The molecule has 3 aromatic rings. The number of hydrogen-bond acceptors (Lipinski definition) is 3. The predicted molar refractivity (Wildman–Crippen MR) is 130 cm³/mol. The monoisotopic (exact) mass is 447 g/mol. The molecule has 2 aliphatic rings. The number of aryl methyl sites for hydroxylation is 1. The third-order valence-electron chi connectivity index (χ3n) is 6.96. The molecule has 1 aromatic heterocycles. The summed E-state index contributed by atoms with van der Waals surface area (Å²) in [6.07, 6.45) is 6.55. The SMILES string of the molecule is O=C(NCC1CCN(Cc2ccccc2)CC1)c1ccc2c(Cl)c3c(nc2c1)CCCC3. The molecule has 1 N–H and O–H groups in total. The number of likely N-dealkylation sites (tertiary alicyclic amines) is 1. The molecule has 0 saturated carbocycles. The van der Waals surface area contributed by atoms with Gasteiger partial charge in [-0.2, -0.15) is 0 Å². The normalized spacial score (nSPS) is 17.3. The average molecular weight is 448 g/mol. The molecule has 4 nitrogen and oxygen atoms in total. The maximum Gasteiger partial charge on any atom is 0.251 e. The van der Waals surface area contributed by atoms with Gasteiger partial charge < -0.3 is 5.32 Å². The van der Waals surface area contributed by atoms with E-state index in [1.54, 1.807) is 0 Å². The summed E-state index contributed by atoms with van der Waals surface area (Å²) >= 11 is 6.67. The highest BCUT2D eigenvalue weighted by molar-refractivity contribution is 6.36. The number of hydrogen-bond donors (Lipinski definition) is 1. The van der Waals surface area contributed by atoms with Gasteiger partial charge in [-0.25, -0.2) is 0 Å². The van der Waals surface area contributed by atoms with E-state index >= 15 is 0 Å². The Kier molecular flexibility index (Phi) is 6.42. The molecular formula is C27H30ClN3O. The molecule has 0 bridgehead atoms. The van der Waals surface area contributed by atoms with Crippen molar-refractivity contribution in [2.45, 2.75) is 45.1 Å². The van der Waals surface area contributed by atoms with Crippen molar-refractivity contribution in [3.63, 3.8) is 0 Å². The third kappa shape index (κ3) is 4.67. The minimum atomic E-state index is -0.0192. The molecular weight excluding hydrogens is 418 g/mol. The number of piperidine rings is 1. The second-order valence-corrected chi connectivity index (χ2v) is 9.58. The maximum absolute atomic E-state index is 12.8. The Morgan fingerprint density at radius 3 is 2.66 bits per heavy atom. The molecule has 166 valence electrons. The Morgan fingerprint density at radius 1 is 1.06 bits per heavy atom. The van der Waals surface area contributed by atoms with Gasteiger partial charge in [-0.15, -0.1) is 0 Å². The van der Waals surface area contributed by atoms with E-state index in [1.807, 2.05) is 18.2 Å². The van der Waals surface area contributed by atoms with Crippen LogP contribution in [0.25, 0.3) is 10.9 Å². The number of aromatic nitrogens is 1. The lowest BCUT2D eigenvalue weighted by Gasteiger charge is -2.32. The Hall–Kier alpha value is -2.43. The number of benzene rings is 2. The lowest BCUT2D eigenvalue weighted by molar-refractivity contribution is 0.0935. The highest BCUT2D eigenvalue weighted by Crippen LogP contribution is 2.33. The van der Waals surface area contributed by atoms with E-state index in [2.05, 4.69) is 40.5 Å². The summed E-state index contributed by atoms with van der Waals surface area (Å²) in [4.78, 5) is 20.2. The summed E-state index contributed by atoms with van der Waals surface area (Å²) < 4.78 is 0. The molecule has 0 radical (unpaired) electrons. The van der Waals surface area contributed by atoms with Crippen LogP contribution in [0.4, 0.5) is 0 Å². The van der Waals surface area contributed by atoms with Gasteiger partial charge in [0, 0.05) is 29.7 Å². The fraction of sp³-hybridized carbons (Fsp3) is 0.407. The van der Waals surface area contributed by atoms with Gasteiger partial charge in [0.1, 0.15) is 0 Å². The van der Waals surface area contributed by atoms with Crippen molar-refractivity contribution < 1.29 is 4.79 Å². The maximum atomic E-state index is 12.8. The van der Waals surface area contributed by atoms with Crippen LogP contribution in [0.2, 0.25) is 5.02 Å². The number of fused-ring (bicyclic) bond motifs is 2. The molecule has 2 aromatic carbocycles. The minimum Gasteiger partial charge on any atom is -0.352 e. The van der Waals surface area contributed by atoms with Crippen LogP contribution >= 0.6 is 11.6 Å². The van der Waals surface area contributed by atoms with Crippen molar-refractivity contribution in [1.29, 1.82) is 0 Å². The number of nitrogens with zero attached hydrogens (tertiary/aromatic N) is 2. The van der Waals surface area contributed by atoms with Crippen LogP contribution in [-0.2, 0) is 19.4 Å². The van der Waals surface area contributed by atoms with Gasteiger partial charge >= 0.3 is 0 Å².